The molecule has 1 aliphatic heterocycles. The van der Waals surface area contributed by atoms with Crippen molar-refractivity contribution in [2.24, 2.45) is 0 Å². The predicted molar refractivity (Wildman–Crippen MR) is 165 cm³/mol. The molecule has 1 saturated heterocycles. The number of ether oxygens (including phenoxy) is 1. The van der Waals surface area contributed by atoms with Crippen molar-refractivity contribution in [3.63, 3.8) is 0 Å². The number of amides is 1. The van der Waals surface area contributed by atoms with E-state index in [1.807, 2.05) is 36.4 Å². The van der Waals surface area contributed by atoms with E-state index in [4.69, 9.17) is 16.3 Å². The summed E-state index contributed by atoms with van der Waals surface area (Å²) in [4.78, 5) is 25.9. The summed E-state index contributed by atoms with van der Waals surface area (Å²) in [6.45, 7) is 4.25. The molecule has 4 atom stereocenters. The Labute approximate surface area is 258 Å². The van der Waals surface area contributed by atoms with Crippen LogP contribution in [0.4, 0.5) is 5.82 Å². The van der Waals surface area contributed by atoms with E-state index in [1.165, 1.54) is 28.2 Å². The minimum absolute atomic E-state index is 0.308. The van der Waals surface area contributed by atoms with Crippen molar-refractivity contribution in [3.05, 3.63) is 83.5 Å². The fraction of sp³-hybridized carbons (Fsp3) is 0.355. The van der Waals surface area contributed by atoms with E-state index in [9.17, 15) is 20.1 Å². The molecule has 230 valence electrons. The van der Waals surface area contributed by atoms with E-state index < -0.39 is 36.0 Å². The van der Waals surface area contributed by atoms with Crippen molar-refractivity contribution in [1.29, 1.82) is 0 Å². The van der Waals surface area contributed by atoms with Gasteiger partial charge in [0.05, 0.1) is 18.5 Å². The van der Waals surface area contributed by atoms with Gasteiger partial charge in [0, 0.05) is 35.2 Å². The van der Waals surface area contributed by atoms with Crippen LogP contribution < -0.4 is 10.6 Å². The topological polar surface area (TPSA) is 160 Å². The predicted octanol–water partition coefficient (Wildman–Crippen LogP) is 2.64. The minimum Gasteiger partial charge on any atom is -0.394 e. The van der Waals surface area contributed by atoms with E-state index >= 15 is 0 Å². The first-order chi connectivity index (χ1) is 21.1. The highest BCUT2D eigenvalue weighted by atomic mass is 35.5. The summed E-state index contributed by atoms with van der Waals surface area (Å²) in [6.07, 6.45) is 0.337. The quantitative estimate of drug-likeness (QED) is 0.158. The first-order valence-electron chi connectivity index (χ1n) is 14.3. The van der Waals surface area contributed by atoms with Crippen LogP contribution in [0.2, 0.25) is 5.02 Å². The molecular formula is C31H34ClN7O5. The second-order valence-corrected chi connectivity index (χ2v) is 12.0. The number of carbonyl (C=O) groups is 1. The Morgan fingerprint density at radius 3 is 2.61 bits per heavy atom. The van der Waals surface area contributed by atoms with Gasteiger partial charge in [-0.25, -0.2) is 15.0 Å². The molecule has 1 aliphatic rings. The summed E-state index contributed by atoms with van der Waals surface area (Å²) in [5, 5.41) is 38.7. The first kappa shape index (κ1) is 30.0. The molecule has 0 bridgehead atoms. The number of hydrogen-bond acceptors (Lipinski definition) is 9. The van der Waals surface area contributed by atoms with Crippen molar-refractivity contribution in [2.45, 2.75) is 56.9 Å². The molecule has 5 N–H and O–H groups in total. The van der Waals surface area contributed by atoms with Crippen molar-refractivity contribution in [3.8, 4) is 0 Å². The van der Waals surface area contributed by atoms with Crippen LogP contribution in [0.25, 0.3) is 22.1 Å². The van der Waals surface area contributed by atoms with Gasteiger partial charge in [-0.15, -0.1) is 0 Å². The highest BCUT2D eigenvalue weighted by Gasteiger charge is 2.48. The average Bonchev–Trinajstić information content (AvgIpc) is 3.68. The van der Waals surface area contributed by atoms with Gasteiger partial charge in [-0.05, 0) is 49.6 Å². The normalized spacial score (nSPS) is 20.4. The second kappa shape index (κ2) is 12.1. The van der Waals surface area contributed by atoms with Gasteiger partial charge in [0.15, 0.2) is 29.3 Å². The molecule has 12 nitrogen and oxygen atoms in total. The van der Waals surface area contributed by atoms with Crippen LogP contribution in [0.1, 0.15) is 31.2 Å². The number of nitrogens with one attached hydrogen (secondary N) is 2. The lowest BCUT2D eigenvalue weighted by Crippen LogP contribution is -2.52. The fourth-order valence-electron chi connectivity index (χ4n) is 5.47. The Morgan fingerprint density at radius 2 is 1.84 bits per heavy atom. The number of hydrogen-bond donors (Lipinski definition) is 5. The highest BCUT2D eigenvalue weighted by molar-refractivity contribution is 6.30. The lowest BCUT2D eigenvalue weighted by Gasteiger charge is -2.26. The molecule has 0 radical (unpaired) electrons. The van der Waals surface area contributed by atoms with Crippen LogP contribution in [0.3, 0.4) is 0 Å². The second-order valence-electron chi connectivity index (χ2n) is 11.6. The molecule has 2 aromatic carbocycles. The van der Waals surface area contributed by atoms with Crippen LogP contribution in [0, 0.1) is 0 Å². The van der Waals surface area contributed by atoms with Gasteiger partial charge >= 0.3 is 0 Å². The maximum atomic E-state index is 12.7. The minimum atomic E-state index is -1.49. The third-order valence-corrected chi connectivity index (χ3v) is 8.06. The van der Waals surface area contributed by atoms with Gasteiger partial charge in [0.25, 0.3) is 5.91 Å². The van der Waals surface area contributed by atoms with E-state index in [0.29, 0.717) is 28.5 Å². The number of benzene rings is 2. The molecule has 44 heavy (non-hydrogen) atoms. The van der Waals surface area contributed by atoms with Gasteiger partial charge < -0.3 is 35.3 Å². The molecule has 0 saturated carbocycles. The maximum Gasteiger partial charge on any atom is 0.252 e. The smallest absolute Gasteiger partial charge is 0.252 e. The number of fused-ring (bicyclic) bond motifs is 2. The van der Waals surface area contributed by atoms with E-state index in [-0.39, 0.29) is 6.61 Å². The molecule has 6 rings (SSSR count). The zero-order valence-electron chi connectivity index (χ0n) is 24.3. The third-order valence-electron chi connectivity index (χ3n) is 7.81. The SMILES string of the molecule is CC(C)(CO)NC(=O)[C@H]1O[C@@H](n2cnc3c(NCCc4cn(Cc5ccc(Cl)cc5)c5ccccc45)ncnc32)[C@H](O)[C@@H]1O. The van der Waals surface area contributed by atoms with Gasteiger partial charge in [-0.2, -0.15) is 0 Å². The molecule has 4 heterocycles. The maximum absolute atomic E-state index is 12.7. The van der Waals surface area contributed by atoms with Crippen molar-refractivity contribution >= 4 is 45.4 Å². The highest BCUT2D eigenvalue weighted by Crippen LogP contribution is 2.33. The molecule has 1 amide bonds. The molecular weight excluding hydrogens is 586 g/mol. The van der Waals surface area contributed by atoms with Crippen LogP contribution in [0.5, 0.6) is 0 Å². The average molecular weight is 620 g/mol. The van der Waals surface area contributed by atoms with E-state index in [2.05, 4.69) is 48.5 Å². The number of para-hydroxylation sites is 1. The van der Waals surface area contributed by atoms with E-state index in [0.717, 1.165) is 24.0 Å². The molecule has 0 unspecified atom stereocenters. The summed E-state index contributed by atoms with van der Waals surface area (Å²) in [7, 11) is 0. The number of halogens is 1. The summed E-state index contributed by atoms with van der Waals surface area (Å²) < 4.78 is 9.51. The number of imidazole rings is 1. The Balaban J connectivity index is 1.17. The standard InChI is InChI=1S/C31H34ClN7O5/c1-31(2,15-40)37-29(43)26-24(41)25(42)30(44-26)39-17-36-23-27(34-16-35-28(23)39)33-12-11-19-14-38(22-6-4-3-5-21(19)22)13-18-7-9-20(32)10-8-18/h3-10,14,16-17,24-26,30,40-42H,11-13,15H2,1-2H3,(H,37,43)(H,33,34,35)/t24-,25+,26-,30+/m0/s1. The third kappa shape index (κ3) is 5.86. The van der Waals surface area contributed by atoms with Gasteiger partial charge in [-0.1, -0.05) is 41.9 Å². The first-order valence-corrected chi connectivity index (χ1v) is 14.7. The van der Waals surface area contributed by atoms with Crippen molar-refractivity contribution in [1.82, 2.24) is 29.4 Å². The van der Waals surface area contributed by atoms with Gasteiger partial charge in [0.1, 0.15) is 18.5 Å². The lowest BCUT2D eigenvalue weighted by molar-refractivity contribution is -0.139. The molecule has 13 heteroatoms. The number of anilines is 1. The fourth-order valence-corrected chi connectivity index (χ4v) is 5.60. The zero-order chi connectivity index (χ0) is 31.0. The van der Waals surface area contributed by atoms with E-state index in [1.54, 1.807) is 13.8 Å². The largest absolute Gasteiger partial charge is 0.394 e. The van der Waals surface area contributed by atoms with Crippen LogP contribution in [0.15, 0.2) is 67.4 Å². The molecule has 3 aromatic heterocycles. The number of nitrogens with zero attached hydrogens (tertiary/aromatic N) is 5. The Morgan fingerprint density at radius 1 is 1.07 bits per heavy atom. The van der Waals surface area contributed by atoms with Crippen LogP contribution in [-0.2, 0) is 22.5 Å². The number of aromatic nitrogens is 5. The Hall–Kier alpha value is -4.07. The molecule has 0 spiro atoms. The molecule has 0 aliphatic carbocycles. The monoisotopic (exact) mass is 619 g/mol. The van der Waals surface area contributed by atoms with Crippen LogP contribution >= 0.6 is 11.6 Å². The zero-order valence-corrected chi connectivity index (χ0v) is 25.0. The number of carbonyl (C=O) groups excluding carboxylic acids is 1. The Kier molecular flexibility index (Phi) is 8.27. The number of rotatable bonds is 10. The summed E-state index contributed by atoms with van der Waals surface area (Å²) in [6, 6.07) is 16.1. The summed E-state index contributed by atoms with van der Waals surface area (Å²) in [5.74, 6) is -0.139. The van der Waals surface area contributed by atoms with Gasteiger partial charge in [0.2, 0.25) is 0 Å². The summed E-state index contributed by atoms with van der Waals surface area (Å²) in [5.41, 5.74) is 3.38. The molecule has 5 aromatic rings. The number of aliphatic hydroxyl groups is 3. The van der Waals surface area contributed by atoms with Crippen LogP contribution in [-0.4, -0.2) is 82.3 Å². The van der Waals surface area contributed by atoms with Crippen molar-refractivity contribution < 1.29 is 24.9 Å². The summed E-state index contributed by atoms with van der Waals surface area (Å²) >= 11 is 6.07. The Bertz CT molecular complexity index is 1790. The van der Waals surface area contributed by atoms with Crippen molar-refractivity contribution in [2.75, 3.05) is 18.5 Å². The number of aliphatic hydroxyl groups excluding tert-OH is 3. The lowest BCUT2D eigenvalue weighted by atomic mass is 10.0. The molecule has 1 fully saturated rings. The van der Waals surface area contributed by atoms with Gasteiger partial charge in [-0.3, -0.25) is 9.36 Å².